The van der Waals surface area contributed by atoms with Crippen molar-refractivity contribution in [3.63, 3.8) is 0 Å². The summed E-state index contributed by atoms with van der Waals surface area (Å²) in [6, 6.07) is 19.9. The number of nitrogens with zero attached hydrogens (tertiary/aromatic N) is 1. The lowest BCUT2D eigenvalue weighted by Gasteiger charge is -2.33. The van der Waals surface area contributed by atoms with Gasteiger partial charge in [0.15, 0.2) is 0 Å². The summed E-state index contributed by atoms with van der Waals surface area (Å²) >= 11 is 0. The van der Waals surface area contributed by atoms with Crippen LogP contribution in [0.5, 0.6) is 0 Å². The summed E-state index contributed by atoms with van der Waals surface area (Å²) in [6.45, 7) is 4.08. The van der Waals surface area contributed by atoms with Gasteiger partial charge in [0.1, 0.15) is 0 Å². The van der Waals surface area contributed by atoms with Gasteiger partial charge in [-0.15, -0.1) is 0 Å². The van der Waals surface area contributed by atoms with E-state index in [9.17, 15) is 9.59 Å². The fourth-order valence-electron chi connectivity index (χ4n) is 3.36. The maximum atomic E-state index is 12.1. The lowest BCUT2D eigenvalue weighted by molar-refractivity contribution is -0.123. The van der Waals surface area contributed by atoms with E-state index in [1.807, 2.05) is 48.5 Å². The van der Waals surface area contributed by atoms with Crippen molar-refractivity contribution < 1.29 is 14.3 Å². The molecule has 0 radical (unpaired) electrons. The van der Waals surface area contributed by atoms with Crippen molar-refractivity contribution in [2.75, 3.05) is 32.8 Å². The summed E-state index contributed by atoms with van der Waals surface area (Å²) in [7, 11) is 0. The van der Waals surface area contributed by atoms with E-state index in [1.54, 1.807) is 0 Å². The molecule has 6 nitrogen and oxygen atoms in total. The number of morpholine rings is 1. The van der Waals surface area contributed by atoms with Crippen molar-refractivity contribution >= 4 is 11.8 Å². The second-order valence-electron chi connectivity index (χ2n) is 7.28. The molecular weight excluding hydrogens is 366 g/mol. The van der Waals surface area contributed by atoms with Crippen LogP contribution < -0.4 is 10.6 Å². The summed E-state index contributed by atoms with van der Waals surface area (Å²) < 4.78 is 5.78. The molecule has 1 atom stereocenters. The molecule has 0 bridgehead atoms. The SMILES string of the molecule is O=C(CCNC(=O)Cc1ccccc1)NCC1CN(Cc2ccccc2)CCO1. The Hall–Kier alpha value is -2.70. The number of benzene rings is 2. The van der Waals surface area contributed by atoms with Gasteiger partial charge in [0, 0.05) is 39.1 Å². The Morgan fingerprint density at radius 2 is 1.62 bits per heavy atom. The van der Waals surface area contributed by atoms with E-state index >= 15 is 0 Å². The van der Waals surface area contributed by atoms with Crippen molar-refractivity contribution in [1.29, 1.82) is 0 Å². The molecular formula is C23H29N3O3. The highest BCUT2D eigenvalue weighted by Crippen LogP contribution is 2.10. The van der Waals surface area contributed by atoms with Crippen molar-refractivity contribution in [3.05, 3.63) is 71.8 Å². The van der Waals surface area contributed by atoms with Crippen LogP contribution >= 0.6 is 0 Å². The molecule has 0 spiro atoms. The van der Waals surface area contributed by atoms with Crippen LogP contribution in [0, 0.1) is 0 Å². The van der Waals surface area contributed by atoms with Gasteiger partial charge in [-0.1, -0.05) is 60.7 Å². The zero-order valence-corrected chi connectivity index (χ0v) is 16.7. The van der Waals surface area contributed by atoms with Gasteiger partial charge in [0.25, 0.3) is 0 Å². The van der Waals surface area contributed by atoms with Gasteiger partial charge in [-0.3, -0.25) is 14.5 Å². The molecule has 0 saturated carbocycles. The van der Waals surface area contributed by atoms with Crippen molar-refractivity contribution in [2.24, 2.45) is 0 Å². The summed E-state index contributed by atoms with van der Waals surface area (Å²) in [5, 5.41) is 5.71. The molecule has 0 aliphatic carbocycles. The molecule has 3 rings (SSSR count). The van der Waals surface area contributed by atoms with Gasteiger partial charge in [-0.05, 0) is 11.1 Å². The van der Waals surface area contributed by atoms with Gasteiger partial charge in [0.05, 0.1) is 19.1 Å². The van der Waals surface area contributed by atoms with E-state index in [4.69, 9.17) is 4.74 Å². The molecule has 2 aromatic carbocycles. The highest BCUT2D eigenvalue weighted by molar-refractivity contribution is 5.80. The first kappa shape index (κ1) is 21.0. The Morgan fingerprint density at radius 1 is 0.931 bits per heavy atom. The molecule has 1 aliphatic rings. The third kappa shape index (κ3) is 7.68. The Bertz CT molecular complexity index is 767. The minimum absolute atomic E-state index is 0.0101. The molecule has 2 aromatic rings. The highest BCUT2D eigenvalue weighted by Gasteiger charge is 2.21. The number of nitrogens with one attached hydrogen (secondary N) is 2. The monoisotopic (exact) mass is 395 g/mol. The summed E-state index contributed by atoms with van der Waals surface area (Å²) in [5.41, 5.74) is 2.24. The van der Waals surface area contributed by atoms with Crippen LogP contribution in [0.4, 0.5) is 0 Å². The van der Waals surface area contributed by atoms with Crippen LogP contribution in [-0.2, 0) is 27.3 Å². The van der Waals surface area contributed by atoms with Crippen LogP contribution in [0.15, 0.2) is 60.7 Å². The quantitative estimate of drug-likeness (QED) is 0.679. The Kier molecular flexibility index (Phi) is 8.22. The largest absolute Gasteiger partial charge is 0.374 e. The average Bonchev–Trinajstić information content (AvgIpc) is 2.74. The standard InChI is InChI=1S/C23H29N3O3/c27-22(11-12-24-23(28)15-19-7-3-1-4-8-19)25-16-21-18-26(13-14-29-21)17-20-9-5-2-6-10-20/h1-10,21H,11-18H2,(H,24,28)(H,25,27). The predicted molar refractivity (Wildman–Crippen MR) is 112 cm³/mol. The van der Waals surface area contributed by atoms with E-state index in [0.29, 0.717) is 26.1 Å². The highest BCUT2D eigenvalue weighted by atomic mass is 16.5. The fourth-order valence-corrected chi connectivity index (χ4v) is 3.36. The normalized spacial score (nSPS) is 16.9. The van der Waals surface area contributed by atoms with Gasteiger partial charge in [0.2, 0.25) is 11.8 Å². The molecule has 29 heavy (non-hydrogen) atoms. The Labute approximate surface area is 172 Å². The maximum Gasteiger partial charge on any atom is 0.224 e. The average molecular weight is 396 g/mol. The summed E-state index contributed by atoms with van der Waals surface area (Å²) in [5.74, 6) is -0.148. The lowest BCUT2D eigenvalue weighted by Crippen LogP contribution is -2.47. The lowest BCUT2D eigenvalue weighted by atomic mass is 10.1. The van der Waals surface area contributed by atoms with Crippen LogP contribution in [-0.4, -0.2) is 55.6 Å². The molecule has 154 valence electrons. The zero-order valence-electron chi connectivity index (χ0n) is 16.7. The number of ether oxygens (including phenoxy) is 1. The molecule has 1 heterocycles. The summed E-state index contributed by atoms with van der Waals surface area (Å²) in [6.07, 6.45) is 0.584. The number of carbonyl (C=O) groups is 2. The first-order valence-electron chi connectivity index (χ1n) is 10.1. The van der Waals surface area contributed by atoms with E-state index in [-0.39, 0.29) is 24.3 Å². The first-order valence-corrected chi connectivity index (χ1v) is 10.1. The van der Waals surface area contributed by atoms with E-state index in [2.05, 4.69) is 27.7 Å². The van der Waals surface area contributed by atoms with Gasteiger partial charge >= 0.3 is 0 Å². The molecule has 2 amide bonds. The second-order valence-corrected chi connectivity index (χ2v) is 7.28. The molecule has 1 unspecified atom stereocenters. The molecule has 1 aliphatic heterocycles. The molecule has 1 fully saturated rings. The molecule has 2 N–H and O–H groups in total. The minimum atomic E-state index is -0.0752. The minimum Gasteiger partial charge on any atom is -0.374 e. The summed E-state index contributed by atoms with van der Waals surface area (Å²) in [4.78, 5) is 26.3. The van der Waals surface area contributed by atoms with Crippen LogP contribution in [0.3, 0.4) is 0 Å². The number of hydrogen-bond donors (Lipinski definition) is 2. The number of rotatable bonds is 9. The predicted octanol–water partition coefficient (Wildman–Crippen LogP) is 1.75. The number of amides is 2. The molecule has 6 heteroatoms. The molecule has 1 saturated heterocycles. The van der Waals surface area contributed by atoms with Crippen molar-refractivity contribution in [2.45, 2.75) is 25.5 Å². The Morgan fingerprint density at radius 3 is 2.34 bits per heavy atom. The van der Waals surface area contributed by atoms with Crippen molar-refractivity contribution in [1.82, 2.24) is 15.5 Å². The Balaban J connectivity index is 1.30. The third-order valence-corrected chi connectivity index (χ3v) is 4.88. The van der Waals surface area contributed by atoms with Crippen molar-refractivity contribution in [3.8, 4) is 0 Å². The van der Waals surface area contributed by atoms with E-state index < -0.39 is 0 Å². The number of carbonyl (C=O) groups excluding carboxylic acids is 2. The van der Waals surface area contributed by atoms with Crippen LogP contribution in [0.25, 0.3) is 0 Å². The van der Waals surface area contributed by atoms with Crippen LogP contribution in [0.1, 0.15) is 17.5 Å². The smallest absolute Gasteiger partial charge is 0.224 e. The van der Waals surface area contributed by atoms with E-state index in [1.165, 1.54) is 5.56 Å². The topological polar surface area (TPSA) is 70.7 Å². The van der Waals surface area contributed by atoms with Gasteiger partial charge in [-0.25, -0.2) is 0 Å². The van der Waals surface area contributed by atoms with E-state index in [0.717, 1.165) is 25.2 Å². The maximum absolute atomic E-state index is 12.1. The fraction of sp³-hybridized carbons (Fsp3) is 0.391. The van der Waals surface area contributed by atoms with Gasteiger partial charge in [-0.2, -0.15) is 0 Å². The third-order valence-electron chi connectivity index (χ3n) is 4.88. The number of hydrogen-bond acceptors (Lipinski definition) is 4. The second kappa shape index (κ2) is 11.3. The molecule has 0 aromatic heterocycles. The first-order chi connectivity index (χ1) is 14.2. The zero-order chi connectivity index (χ0) is 20.3. The van der Waals surface area contributed by atoms with Gasteiger partial charge < -0.3 is 15.4 Å². The van der Waals surface area contributed by atoms with Crippen LogP contribution in [0.2, 0.25) is 0 Å².